The maximum Gasteiger partial charge on any atom is 0.419 e. The Bertz CT molecular complexity index is 1010. The number of aromatic nitrogens is 1. The fraction of sp³-hybridized carbons (Fsp3) is 0.478. The van der Waals surface area contributed by atoms with Crippen LogP contribution >= 0.6 is 0 Å². The minimum absolute atomic E-state index is 0.0401. The summed E-state index contributed by atoms with van der Waals surface area (Å²) in [4.78, 5) is 18.9. The molecule has 6 nitrogen and oxygen atoms in total. The molecule has 178 valence electrons. The Balaban J connectivity index is 1.55. The third kappa shape index (κ3) is 4.81. The van der Waals surface area contributed by atoms with E-state index in [0.717, 1.165) is 12.1 Å². The summed E-state index contributed by atoms with van der Waals surface area (Å²) in [5.41, 5.74) is -3.19. The molecule has 2 aliphatic heterocycles. The smallest absolute Gasteiger partial charge is 0.419 e. The van der Waals surface area contributed by atoms with Gasteiger partial charge in [-0.1, -0.05) is 6.07 Å². The number of halogens is 4. The molecular formula is C23H24F4N2O4. The van der Waals surface area contributed by atoms with Crippen molar-refractivity contribution in [3.8, 4) is 5.75 Å². The highest BCUT2D eigenvalue weighted by Gasteiger charge is 2.52. The van der Waals surface area contributed by atoms with Crippen LogP contribution < -0.4 is 4.74 Å². The monoisotopic (exact) mass is 468 g/mol. The van der Waals surface area contributed by atoms with E-state index < -0.39 is 47.4 Å². The molecule has 0 N–H and O–H groups in total. The molecule has 3 heterocycles. The standard InChI is InChI=1S/C23H24F4N2O4/c1-21(2,24)13-31-17-7-6-15(11-16(17)23(25,26)27)20(30)29-10-8-22(18-5-3-4-9-28-18)19(12-29)32-14-33-22/h3-7,9,11,19H,8,10,12-14H2,1-2H3/t19-,22+/m0/s1. The van der Waals surface area contributed by atoms with Crippen molar-refractivity contribution < 1.29 is 36.6 Å². The average Bonchev–Trinajstić information content (AvgIpc) is 3.21. The molecule has 2 aromatic rings. The maximum absolute atomic E-state index is 13.7. The Hall–Kier alpha value is -2.72. The quantitative estimate of drug-likeness (QED) is 0.611. The summed E-state index contributed by atoms with van der Waals surface area (Å²) >= 11 is 0. The van der Waals surface area contributed by atoms with Gasteiger partial charge in [-0.25, -0.2) is 4.39 Å². The van der Waals surface area contributed by atoms with E-state index in [-0.39, 0.29) is 25.4 Å². The normalized spacial score (nSPS) is 23.3. The number of piperidine rings is 1. The van der Waals surface area contributed by atoms with Crippen LogP contribution in [0.4, 0.5) is 17.6 Å². The molecule has 0 bridgehead atoms. The highest BCUT2D eigenvalue weighted by atomic mass is 19.4. The number of hydrogen-bond acceptors (Lipinski definition) is 5. The second-order valence-corrected chi connectivity index (χ2v) is 8.74. The molecule has 0 unspecified atom stereocenters. The van der Waals surface area contributed by atoms with Crippen LogP contribution in [0.5, 0.6) is 5.75 Å². The topological polar surface area (TPSA) is 60.9 Å². The molecule has 1 amide bonds. The van der Waals surface area contributed by atoms with Gasteiger partial charge in [0.15, 0.2) is 0 Å². The molecule has 4 rings (SSSR count). The van der Waals surface area contributed by atoms with Crippen LogP contribution in [-0.4, -0.2) is 54.1 Å². The van der Waals surface area contributed by atoms with Crippen LogP contribution in [-0.2, 0) is 21.3 Å². The van der Waals surface area contributed by atoms with E-state index in [9.17, 15) is 22.4 Å². The van der Waals surface area contributed by atoms with Gasteiger partial charge in [0.05, 0.1) is 17.8 Å². The molecule has 2 saturated heterocycles. The predicted molar refractivity (Wildman–Crippen MR) is 109 cm³/mol. The van der Waals surface area contributed by atoms with Gasteiger partial charge in [0, 0.05) is 24.7 Å². The molecule has 0 radical (unpaired) electrons. The number of pyridine rings is 1. The summed E-state index contributed by atoms with van der Waals surface area (Å²) in [5.74, 6) is -1.09. The van der Waals surface area contributed by atoms with E-state index in [4.69, 9.17) is 14.2 Å². The molecular weight excluding hydrogens is 444 g/mol. The summed E-state index contributed by atoms with van der Waals surface area (Å²) < 4.78 is 71.2. The minimum Gasteiger partial charge on any atom is -0.490 e. The van der Waals surface area contributed by atoms with Crippen LogP contribution in [0, 0.1) is 0 Å². The van der Waals surface area contributed by atoms with Crippen LogP contribution in [0.15, 0.2) is 42.6 Å². The van der Waals surface area contributed by atoms with Crippen molar-refractivity contribution in [3.05, 3.63) is 59.4 Å². The van der Waals surface area contributed by atoms with Gasteiger partial charge in [-0.15, -0.1) is 0 Å². The van der Waals surface area contributed by atoms with Gasteiger partial charge >= 0.3 is 6.18 Å². The maximum atomic E-state index is 13.7. The zero-order valence-electron chi connectivity index (χ0n) is 18.2. The summed E-state index contributed by atoms with van der Waals surface area (Å²) in [7, 11) is 0. The first-order chi connectivity index (χ1) is 15.5. The number of carbonyl (C=O) groups is 1. The van der Waals surface area contributed by atoms with Crippen molar-refractivity contribution in [2.75, 3.05) is 26.5 Å². The SMILES string of the molecule is CC(C)(F)COc1ccc(C(=O)N2CC[C@]3(c4ccccn4)OCO[C@H]3C2)cc1C(F)(F)F. The van der Waals surface area contributed by atoms with Gasteiger partial charge < -0.3 is 19.1 Å². The first-order valence-corrected chi connectivity index (χ1v) is 10.5. The van der Waals surface area contributed by atoms with Gasteiger partial charge in [0.2, 0.25) is 0 Å². The summed E-state index contributed by atoms with van der Waals surface area (Å²) in [6.45, 7) is 2.29. The Morgan fingerprint density at radius 1 is 1.24 bits per heavy atom. The number of ether oxygens (including phenoxy) is 3. The van der Waals surface area contributed by atoms with Gasteiger partial charge in [0.25, 0.3) is 5.91 Å². The lowest BCUT2D eigenvalue weighted by molar-refractivity contribution is -0.139. The first kappa shape index (κ1) is 23.4. The molecule has 1 aromatic heterocycles. The minimum atomic E-state index is -4.77. The number of carbonyl (C=O) groups excluding carboxylic acids is 1. The number of benzene rings is 1. The van der Waals surface area contributed by atoms with Gasteiger partial charge in [-0.05, 0) is 44.2 Å². The van der Waals surface area contributed by atoms with E-state index in [1.165, 1.54) is 24.8 Å². The van der Waals surface area contributed by atoms with Crippen LogP contribution in [0.2, 0.25) is 0 Å². The van der Waals surface area contributed by atoms with Crippen LogP contribution in [0.25, 0.3) is 0 Å². The molecule has 0 saturated carbocycles. The summed E-state index contributed by atoms with van der Waals surface area (Å²) in [6.07, 6.45) is -3.24. The van der Waals surface area contributed by atoms with Gasteiger partial charge in [0.1, 0.15) is 36.5 Å². The summed E-state index contributed by atoms with van der Waals surface area (Å²) in [6, 6.07) is 8.50. The molecule has 0 spiro atoms. The van der Waals surface area contributed by atoms with E-state index in [0.29, 0.717) is 12.1 Å². The van der Waals surface area contributed by atoms with E-state index in [2.05, 4.69) is 4.98 Å². The number of nitrogens with zero attached hydrogens (tertiary/aromatic N) is 2. The van der Waals surface area contributed by atoms with Crippen molar-refractivity contribution in [1.82, 2.24) is 9.88 Å². The second kappa shape index (κ2) is 8.57. The summed E-state index contributed by atoms with van der Waals surface area (Å²) in [5, 5.41) is 0. The highest BCUT2D eigenvalue weighted by molar-refractivity contribution is 5.94. The molecule has 33 heavy (non-hydrogen) atoms. The van der Waals surface area contributed by atoms with Crippen molar-refractivity contribution >= 4 is 5.91 Å². The Morgan fingerprint density at radius 3 is 2.70 bits per heavy atom. The number of rotatable bonds is 5. The van der Waals surface area contributed by atoms with Crippen molar-refractivity contribution in [2.24, 2.45) is 0 Å². The number of likely N-dealkylation sites (tertiary alicyclic amines) is 1. The Morgan fingerprint density at radius 2 is 2.03 bits per heavy atom. The number of hydrogen-bond donors (Lipinski definition) is 0. The lowest BCUT2D eigenvalue weighted by Crippen LogP contribution is -2.53. The third-order valence-electron chi connectivity index (χ3n) is 5.73. The van der Waals surface area contributed by atoms with Crippen molar-refractivity contribution in [3.63, 3.8) is 0 Å². The molecule has 2 aliphatic rings. The fourth-order valence-electron chi connectivity index (χ4n) is 4.08. The predicted octanol–water partition coefficient (Wildman–Crippen LogP) is 4.34. The van der Waals surface area contributed by atoms with Crippen molar-refractivity contribution in [2.45, 2.75) is 43.8 Å². The molecule has 2 fully saturated rings. The largest absolute Gasteiger partial charge is 0.490 e. The average molecular weight is 468 g/mol. The third-order valence-corrected chi connectivity index (χ3v) is 5.73. The first-order valence-electron chi connectivity index (χ1n) is 10.5. The Kier molecular flexibility index (Phi) is 6.09. The number of fused-ring (bicyclic) bond motifs is 1. The molecule has 1 aromatic carbocycles. The molecule has 10 heteroatoms. The molecule has 2 atom stereocenters. The molecule has 0 aliphatic carbocycles. The highest BCUT2D eigenvalue weighted by Crippen LogP contribution is 2.42. The fourth-order valence-corrected chi connectivity index (χ4v) is 4.08. The number of amides is 1. The van der Waals surface area contributed by atoms with E-state index >= 15 is 0 Å². The Labute approximate surface area is 188 Å². The van der Waals surface area contributed by atoms with E-state index in [1.54, 1.807) is 12.3 Å². The van der Waals surface area contributed by atoms with E-state index in [1.807, 2.05) is 12.1 Å². The number of alkyl halides is 4. The van der Waals surface area contributed by atoms with Crippen LogP contribution in [0.3, 0.4) is 0 Å². The lowest BCUT2D eigenvalue weighted by atomic mass is 9.85. The van der Waals surface area contributed by atoms with Crippen molar-refractivity contribution in [1.29, 1.82) is 0 Å². The second-order valence-electron chi connectivity index (χ2n) is 8.74. The van der Waals surface area contributed by atoms with Gasteiger partial charge in [-0.2, -0.15) is 13.2 Å². The van der Waals surface area contributed by atoms with Gasteiger partial charge in [-0.3, -0.25) is 9.78 Å². The zero-order valence-corrected chi connectivity index (χ0v) is 18.2. The lowest BCUT2D eigenvalue weighted by Gasteiger charge is -2.41. The zero-order chi connectivity index (χ0) is 23.9. The van der Waals surface area contributed by atoms with Crippen LogP contribution in [0.1, 0.15) is 41.9 Å².